The van der Waals surface area contributed by atoms with Crippen LogP contribution in [0.2, 0.25) is 0 Å². The van der Waals surface area contributed by atoms with E-state index in [1.54, 1.807) is 20.8 Å². The molecule has 0 fully saturated rings. The van der Waals surface area contributed by atoms with Crippen LogP contribution in [0.3, 0.4) is 0 Å². The van der Waals surface area contributed by atoms with Crippen molar-refractivity contribution < 1.29 is 19.1 Å². The second-order valence-corrected chi connectivity index (χ2v) is 11.7. The van der Waals surface area contributed by atoms with Gasteiger partial charge in [-0.25, -0.2) is 0 Å². The normalized spacial score (nSPS) is 20.8. The van der Waals surface area contributed by atoms with E-state index in [9.17, 15) is 14.4 Å². The standard InChI is InChI=1S/C17H22Cl6N2O4/c1-8(16(18,19)20)5-11(24-13(26)6-9(2)17(21,22)23)15(28)25-10(3)12(29-4)7-14(25)27/h7-11H,5-6H2,1-4H3,(H,24,26)/t8-,9-,10-,11-/m0/s1. The lowest BCUT2D eigenvalue weighted by Gasteiger charge is -2.30. The number of nitrogens with zero attached hydrogens (tertiary/aromatic N) is 1. The molecular formula is C17H22Cl6N2O4. The smallest absolute Gasteiger partial charge is 0.257 e. The number of carbonyl (C=O) groups is 3. The van der Waals surface area contributed by atoms with Gasteiger partial charge in [0.05, 0.1) is 13.2 Å². The Balaban J connectivity index is 3.04. The first kappa shape index (κ1) is 26.9. The molecule has 0 aliphatic carbocycles. The third-order valence-corrected chi connectivity index (χ3v) is 6.84. The number of halogens is 6. The van der Waals surface area contributed by atoms with Crippen LogP contribution in [0, 0.1) is 11.8 Å². The average molecular weight is 531 g/mol. The monoisotopic (exact) mass is 528 g/mol. The molecule has 1 heterocycles. The van der Waals surface area contributed by atoms with Crippen molar-refractivity contribution in [1.29, 1.82) is 0 Å². The topological polar surface area (TPSA) is 75.7 Å². The third kappa shape index (κ3) is 7.51. The quantitative estimate of drug-likeness (QED) is 0.490. The first-order valence-corrected chi connectivity index (χ1v) is 10.9. The molecule has 0 aromatic carbocycles. The molecule has 0 aromatic heterocycles. The van der Waals surface area contributed by atoms with E-state index in [2.05, 4.69) is 5.32 Å². The highest BCUT2D eigenvalue weighted by molar-refractivity contribution is 6.68. The number of alkyl halides is 6. The summed E-state index contributed by atoms with van der Waals surface area (Å²) in [6.07, 6.45) is 1.03. The number of nitrogens with one attached hydrogen (secondary N) is 1. The highest BCUT2D eigenvalue weighted by Crippen LogP contribution is 2.38. The van der Waals surface area contributed by atoms with Crippen LogP contribution in [0.1, 0.15) is 33.6 Å². The summed E-state index contributed by atoms with van der Waals surface area (Å²) in [5.41, 5.74) is 0. The molecule has 0 saturated heterocycles. The van der Waals surface area contributed by atoms with E-state index < -0.39 is 49.2 Å². The Morgan fingerprint density at radius 2 is 1.66 bits per heavy atom. The predicted molar refractivity (Wildman–Crippen MR) is 116 cm³/mol. The lowest BCUT2D eigenvalue weighted by atomic mass is 10.0. The number of hydrogen-bond acceptors (Lipinski definition) is 4. The van der Waals surface area contributed by atoms with Crippen molar-refractivity contribution >= 4 is 87.3 Å². The van der Waals surface area contributed by atoms with Gasteiger partial charge >= 0.3 is 0 Å². The molecule has 1 N–H and O–H groups in total. The lowest BCUT2D eigenvalue weighted by molar-refractivity contribution is -0.146. The van der Waals surface area contributed by atoms with Gasteiger partial charge in [0.1, 0.15) is 11.8 Å². The summed E-state index contributed by atoms with van der Waals surface area (Å²) in [6, 6.07) is -1.77. The van der Waals surface area contributed by atoms with E-state index in [1.165, 1.54) is 13.2 Å². The zero-order valence-electron chi connectivity index (χ0n) is 16.1. The number of imide groups is 1. The molecule has 0 saturated carbocycles. The molecule has 1 aliphatic rings. The van der Waals surface area contributed by atoms with Gasteiger partial charge in [0, 0.05) is 24.3 Å². The van der Waals surface area contributed by atoms with Crippen LogP contribution in [0.4, 0.5) is 0 Å². The van der Waals surface area contributed by atoms with E-state index in [0.717, 1.165) is 4.90 Å². The van der Waals surface area contributed by atoms with E-state index in [0.29, 0.717) is 5.76 Å². The Morgan fingerprint density at radius 3 is 2.07 bits per heavy atom. The summed E-state index contributed by atoms with van der Waals surface area (Å²) < 4.78 is 1.78. The minimum Gasteiger partial charge on any atom is -0.499 e. The van der Waals surface area contributed by atoms with Crippen molar-refractivity contribution in [2.24, 2.45) is 11.8 Å². The fraction of sp³-hybridized carbons (Fsp3) is 0.706. The molecule has 3 amide bonds. The molecule has 0 radical (unpaired) electrons. The predicted octanol–water partition coefficient (Wildman–Crippen LogP) is 4.55. The van der Waals surface area contributed by atoms with Crippen molar-refractivity contribution in [2.45, 2.75) is 53.3 Å². The van der Waals surface area contributed by atoms with Crippen LogP contribution in [0.5, 0.6) is 0 Å². The first-order valence-electron chi connectivity index (χ1n) is 8.65. The maximum atomic E-state index is 13.1. The Bertz CT molecular complexity index is 674. The van der Waals surface area contributed by atoms with Crippen LogP contribution in [-0.2, 0) is 19.1 Å². The number of rotatable bonds is 7. The minimum atomic E-state index is -1.68. The summed E-state index contributed by atoms with van der Waals surface area (Å²) in [6.45, 7) is 4.81. The SMILES string of the molecule is COC1=CC(=O)N(C(=O)[C@H](C[C@H](C)C(Cl)(Cl)Cl)NC(=O)C[C@H](C)C(Cl)(Cl)Cl)[C@H]1C. The van der Waals surface area contributed by atoms with Crippen LogP contribution < -0.4 is 5.32 Å². The summed E-state index contributed by atoms with van der Waals surface area (Å²) in [5.74, 6) is -2.67. The number of carbonyl (C=O) groups excluding carboxylic acids is 3. The average Bonchev–Trinajstić information content (AvgIpc) is 2.85. The molecule has 166 valence electrons. The van der Waals surface area contributed by atoms with Crippen molar-refractivity contribution in [2.75, 3.05) is 7.11 Å². The second kappa shape index (κ2) is 10.5. The Labute approximate surface area is 200 Å². The van der Waals surface area contributed by atoms with Gasteiger partial charge in [-0.3, -0.25) is 19.3 Å². The van der Waals surface area contributed by atoms with Crippen molar-refractivity contribution in [1.82, 2.24) is 10.2 Å². The van der Waals surface area contributed by atoms with Gasteiger partial charge in [-0.1, -0.05) is 83.5 Å². The summed E-state index contributed by atoms with van der Waals surface area (Å²) >= 11 is 35.2. The maximum Gasteiger partial charge on any atom is 0.257 e. The van der Waals surface area contributed by atoms with Gasteiger partial charge in [0.15, 0.2) is 7.59 Å². The summed E-state index contributed by atoms with van der Waals surface area (Å²) in [5, 5.41) is 2.58. The third-order valence-electron chi connectivity index (χ3n) is 4.61. The van der Waals surface area contributed by atoms with Gasteiger partial charge in [0.25, 0.3) is 11.8 Å². The molecule has 4 atom stereocenters. The Kier molecular flexibility index (Phi) is 9.72. The molecule has 1 aliphatic heterocycles. The van der Waals surface area contributed by atoms with Gasteiger partial charge in [-0.05, 0) is 13.3 Å². The molecular weight excluding hydrogens is 509 g/mol. The van der Waals surface area contributed by atoms with Crippen molar-refractivity contribution in [3.8, 4) is 0 Å². The van der Waals surface area contributed by atoms with Crippen LogP contribution in [-0.4, -0.2) is 49.4 Å². The van der Waals surface area contributed by atoms with E-state index >= 15 is 0 Å². The Hall–Kier alpha value is -0.110. The highest BCUT2D eigenvalue weighted by Gasteiger charge is 2.41. The van der Waals surface area contributed by atoms with Crippen molar-refractivity contribution in [3.63, 3.8) is 0 Å². The fourth-order valence-corrected chi connectivity index (χ4v) is 3.18. The fourth-order valence-electron chi connectivity index (χ4n) is 2.68. The molecule has 0 spiro atoms. The largest absolute Gasteiger partial charge is 0.499 e. The molecule has 0 bridgehead atoms. The van der Waals surface area contributed by atoms with E-state index in [4.69, 9.17) is 74.3 Å². The summed E-state index contributed by atoms with van der Waals surface area (Å²) in [7, 11) is 1.39. The van der Waals surface area contributed by atoms with Gasteiger partial charge < -0.3 is 10.1 Å². The zero-order valence-corrected chi connectivity index (χ0v) is 20.7. The summed E-state index contributed by atoms with van der Waals surface area (Å²) in [4.78, 5) is 38.8. The van der Waals surface area contributed by atoms with Crippen LogP contribution >= 0.6 is 69.6 Å². The number of methoxy groups -OCH3 is 1. The van der Waals surface area contributed by atoms with E-state index in [1.807, 2.05) is 0 Å². The molecule has 0 aromatic rings. The Morgan fingerprint density at radius 1 is 1.14 bits per heavy atom. The second-order valence-electron chi connectivity index (χ2n) is 6.92. The molecule has 1 rings (SSSR count). The van der Waals surface area contributed by atoms with Gasteiger partial charge in [-0.15, -0.1) is 0 Å². The number of ether oxygens (including phenoxy) is 1. The molecule has 0 unspecified atom stereocenters. The molecule has 6 nitrogen and oxygen atoms in total. The van der Waals surface area contributed by atoms with Gasteiger partial charge in [-0.2, -0.15) is 0 Å². The lowest BCUT2D eigenvalue weighted by Crippen LogP contribution is -2.53. The zero-order chi connectivity index (χ0) is 22.7. The van der Waals surface area contributed by atoms with E-state index in [-0.39, 0.29) is 12.8 Å². The number of hydrogen-bond donors (Lipinski definition) is 1. The maximum absolute atomic E-state index is 13.1. The van der Waals surface area contributed by atoms with Crippen molar-refractivity contribution in [3.05, 3.63) is 11.8 Å². The first-order chi connectivity index (χ1) is 13.1. The van der Waals surface area contributed by atoms with Gasteiger partial charge in [0.2, 0.25) is 5.91 Å². The molecule has 29 heavy (non-hydrogen) atoms. The van der Waals surface area contributed by atoms with Crippen LogP contribution in [0.15, 0.2) is 11.8 Å². The molecule has 12 heteroatoms. The van der Waals surface area contributed by atoms with Crippen LogP contribution in [0.25, 0.3) is 0 Å². The number of amides is 3. The minimum absolute atomic E-state index is 0.0258. The highest BCUT2D eigenvalue weighted by atomic mass is 35.6.